The lowest BCUT2D eigenvalue weighted by Gasteiger charge is -2.14. The molecule has 102 valence electrons. The normalized spacial score (nSPS) is 12.4. The molecule has 0 unspecified atom stereocenters. The Morgan fingerprint density at radius 1 is 1.17 bits per heavy atom. The van der Waals surface area contributed by atoms with Crippen LogP contribution in [0.15, 0.2) is 6.07 Å². The summed E-state index contributed by atoms with van der Waals surface area (Å²) in [7, 11) is 1.02. The minimum atomic E-state index is -5.13. The second-order valence-electron chi connectivity index (χ2n) is 2.87. The number of ether oxygens (including phenoxy) is 2. The number of halogens is 7. The monoisotopic (exact) mass is 387 g/mol. The zero-order chi connectivity index (χ0) is 14.1. The van der Waals surface area contributed by atoms with Crippen LogP contribution in [0.4, 0.5) is 26.3 Å². The van der Waals surface area contributed by atoms with Crippen molar-refractivity contribution in [1.29, 1.82) is 0 Å². The van der Waals surface area contributed by atoms with Crippen LogP contribution in [0.2, 0.25) is 0 Å². The van der Waals surface area contributed by atoms with E-state index < -0.39 is 33.4 Å². The maximum atomic E-state index is 12.5. The van der Waals surface area contributed by atoms with Gasteiger partial charge in [-0.2, -0.15) is 13.2 Å². The van der Waals surface area contributed by atoms with Gasteiger partial charge < -0.3 is 9.47 Å². The summed E-state index contributed by atoms with van der Waals surface area (Å²) >= 11 is 1.28. The number of methoxy groups -OCH3 is 1. The molecule has 0 amide bonds. The minimum Gasteiger partial charge on any atom is -0.495 e. The molecule has 0 aliphatic rings. The predicted molar refractivity (Wildman–Crippen MR) is 55.2 cm³/mol. The molecule has 3 nitrogen and oxygen atoms in total. The van der Waals surface area contributed by atoms with Crippen molar-refractivity contribution < 1.29 is 35.8 Å². The van der Waals surface area contributed by atoms with Gasteiger partial charge in [-0.05, 0) is 22.6 Å². The highest BCUT2D eigenvalue weighted by molar-refractivity contribution is 14.1. The summed E-state index contributed by atoms with van der Waals surface area (Å²) in [6, 6.07) is 0.629. The first-order valence-electron chi connectivity index (χ1n) is 4.12. The molecule has 0 fully saturated rings. The molecule has 18 heavy (non-hydrogen) atoms. The SMILES string of the molecule is COc1cc(OC(F)(F)F)nc(C(F)(F)F)c1I. The second kappa shape index (κ2) is 4.97. The summed E-state index contributed by atoms with van der Waals surface area (Å²) in [6.07, 6.45) is -10.0. The van der Waals surface area contributed by atoms with Gasteiger partial charge in [0, 0.05) is 6.07 Å². The Morgan fingerprint density at radius 2 is 1.72 bits per heavy atom. The van der Waals surface area contributed by atoms with Gasteiger partial charge in [-0.1, -0.05) is 0 Å². The van der Waals surface area contributed by atoms with Crippen LogP contribution in [-0.4, -0.2) is 18.5 Å². The van der Waals surface area contributed by atoms with Gasteiger partial charge in [-0.15, -0.1) is 13.2 Å². The number of rotatable bonds is 2. The summed E-state index contributed by atoms with van der Waals surface area (Å²) in [5.74, 6) is -1.63. The Kier molecular flexibility index (Phi) is 4.18. The van der Waals surface area contributed by atoms with E-state index in [1.165, 1.54) is 22.6 Å². The van der Waals surface area contributed by atoms with Gasteiger partial charge in [-0.25, -0.2) is 4.98 Å². The summed E-state index contributed by atoms with van der Waals surface area (Å²) in [4.78, 5) is 2.78. The fourth-order valence-corrected chi connectivity index (χ4v) is 1.79. The highest BCUT2D eigenvalue weighted by Gasteiger charge is 2.39. The number of hydrogen-bond acceptors (Lipinski definition) is 3. The van der Waals surface area contributed by atoms with Gasteiger partial charge >= 0.3 is 12.5 Å². The first kappa shape index (κ1) is 15.1. The zero-order valence-electron chi connectivity index (χ0n) is 8.49. The molecule has 0 aliphatic carbocycles. The van der Waals surface area contributed by atoms with Gasteiger partial charge in [0.25, 0.3) is 0 Å². The van der Waals surface area contributed by atoms with Crippen molar-refractivity contribution in [3.05, 3.63) is 15.3 Å². The van der Waals surface area contributed by atoms with Crippen molar-refractivity contribution in [2.24, 2.45) is 0 Å². The Balaban J connectivity index is 3.31. The smallest absolute Gasteiger partial charge is 0.495 e. The molecule has 0 bridgehead atoms. The lowest BCUT2D eigenvalue weighted by atomic mass is 10.3. The molecule has 1 rings (SSSR count). The molecule has 0 spiro atoms. The van der Waals surface area contributed by atoms with Crippen molar-refractivity contribution in [3.8, 4) is 11.6 Å². The van der Waals surface area contributed by atoms with E-state index in [4.69, 9.17) is 0 Å². The quantitative estimate of drug-likeness (QED) is 0.574. The molecule has 0 aliphatic heterocycles. The van der Waals surface area contributed by atoms with Crippen molar-refractivity contribution in [3.63, 3.8) is 0 Å². The summed E-state index contributed by atoms with van der Waals surface area (Å²) in [5, 5.41) is 0. The second-order valence-corrected chi connectivity index (χ2v) is 3.95. The van der Waals surface area contributed by atoms with Crippen molar-refractivity contribution in [2.45, 2.75) is 12.5 Å². The first-order valence-corrected chi connectivity index (χ1v) is 5.20. The predicted octanol–water partition coefficient (Wildman–Crippen LogP) is 3.61. The maximum Gasteiger partial charge on any atom is 0.574 e. The van der Waals surface area contributed by atoms with Gasteiger partial charge in [0.2, 0.25) is 5.88 Å². The summed E-state index contributed by atoms with van der Waals surface area (Å²) < 4.78 is 80.7. The minimum absolute atomic E-state index is 0.405. The third-order valence-electron chi connectivity index (χ3n) is 1.61. The lowest BCUT2D eigenvalue weighted by Crippen LogP contribution is -2.20. The molecule has 10 heteroatoms. The number of hydrogen-bond donors (Lipinski definition) is 0. The average Bonchev–Trinajstić information content (AvgIpc) is 2.16. The average molecular weight is 387 g/mol. The van der Waals surface area contributed by atoms with Crippen LogP contribution >= 0.6 is 22.6 Å². The van der Waals surface area contributed by atoms with Crippen LogP contribution in [0.1, 0.15) is 5.69 Å². The van der Waals surface area contributed by atoms with E-state index in [1.54, 1.807) is 0 Å². The Hall–Kier alpha value is -0.940. The molecular weight excluding hydrogens is 383 g/mol. The number of pyridine rings is 1. The molecule has 1 heterocycles. The molecule has 0 saturated carbocycles. The number of nitrogens with zero attached hydrogens (tertiary/aromatic N) is 1. The van der Waals surface area contributed by atoms with Crippen LogP contribution < -0.4 is 9.47 Å². The van der Waals surface area contributed by atoms with Crippen LogP contribution in [0.5, 0.6) is 11.6 Å². The highest BCUT2D eigenvalue weighted by atomic mass is 127. The standard InChI is InChI=1S/C8H4F6INO2/c1-17-3-2-4(18-8(12,13)14)16-6(5(3)15)7(9,10)11/h2H,1H3. The van der Waals surface area contributed by atoms with Gasteiger partial charge in [0.05, 0.1) is 10.7 Å². The van der Waals surface area contributed by atoms with Crippen LogP contribution in [0.25, 0.3) is 0 Å². The molecule has 0 saturated heterocycles. The molecular formula is C8H4F6INO2. The van der Waals surface area contributed by atoms with E-state index in [-0.39, 0.29) is 0 Å². The topological polar surface area (TPSA) is 31.4 Å². The Labute approximate surface area is 110 Å². The van der Waals surface area contributed by atoms with Crippen molar-refractivity contribution in [2.75, 3.05) is 7.11 Å². The lowest BCUT2D eigenvalue weighted by molar-refractivity contribution is -0.276. The number of aromatic nitrogens is 1. The van der Waals surface area contributed by atoms with Crippen molar-refractivity contribution >= 4 is 22.6 Å². The van der Waals surface area contributed by atoms with E-state index in [0.29, 0.717) is 6.07 Å². The van der Waals surface area contributed by atoms with Crippen LogP contribution in [0, 0.1) is 3.57 Å². The fraction of sp³-hybridized carbons (Fsp3) is 0.375. The highest BCUT2D eigenvalue weighted by Crippen LogP contribution is 2.38. The van der Waals surface area contributed by atoms with E-state index >= 15 is 0 Å². The first-order chi connectivity index (χ1) is 8.04. The molecule has 1 aromatic heterocycles. The molecule has 1 aromatic rings. The molecule has 0 N–H and O–H groups in total. The Bertz CT molecular complexity index is 444. The summed E-state index contributed by atoms with van der Waals surface area (Å²) in [6.45, 7) is 0. The largest absolute Gasteiger partial charge is 0.574 e. The van der Waals surface area contributed by atoms with E-state index in [1.807, 2.05) is 0 Å². The van der Waals surface area contributed by atoms with Crippen LogP contribution in [-0.2, 0) is 6.18 Å². The van der Waals surface area contributed by atoms with Crippen molar-refractivity contribution in [1.82, 2.24) is 4.98 Å². The van der Waals surface area contributed by atoms with Gasteiger partial charge in [0.15, 0.2) is 5.69 Å². The Morgan fingerprint density at radius 3 is 2.11 bits per heavy atom. The van der Waals surface area contributed by atoms with Gasteiger partial charge in [0.1, 0.15) is 5.75 Å². The molecule has 0 aromatic carbocycles. The molecule has 0 radical (unpaired) electrons. The van der Waals surface area contributed by atoms with Crippen LogP contribution in [0.3, 0.4) is 0 Å². The summed E-state index contributed by atoms with van der Waals surface area (Å²) in [5.41, 5.74) is -1.50. The third kappa shape index (κ3) is 3.78. The molecule has 0 atom stereocenters. The fourth-order valence-electron chi connectivity index (χ4n) is 0.991. The maximum absolute atomic E-state index is 12.5. The zero-order valence-corrected chi connectivity index (χ0v) is 10.6. The third-order valence-corrected chi connectivity index (χ3v) is 2.65. The van der Waals surface area contributed by atoms with Gasteiger partial charge in [-0.3, -0.25) is 0 Å². The number of alkyl halides is 6. The van der Waals surface area contributed by atoms with E-state index in [2.05, 4.69) is 14.5 Å². The van der Waals surface area contributed by atoms with E-state index in [9.17, 15) is 26.3 Å². The van der Waals surface area contributed by atoms with E-state index in [0.717, 1.165) is 7.11 Å².